The molecule has 1 aliphatic rings. The maximum Gasteiger partial charge on any atom is 0.274 e. The fraction of sp³-hybridized carbons (Fsp3) is 0.350. The van der Waals surface area contributed by atoms with Gasteiger partial charge in [0, 0.05) is 30.9 Å². The Hall–Kier alpha value is -3.00. The smallest absolute Gasteiger partial charge is 0.274 e. The highest BCUT2D eigenvalue weighted by Crippen LogP contribution is 2.31. The summed E-state index contributed by atoms with van der Waals surface area (Å²) in [6, 6.07) is 8.62. The van der Waals surface area contributed by atoms with Crippen LogP contribution >= 0.6 is 0 Å². The number of anilines is 1. The Morgan fingerprint density at radius 3 is 2.93 bits per heavy atom. The zero-order valence-corrected chi connectivity index (χ0v) is 15.5. The molecule has 146 valence electrons. The summed E-state index contributed by atoms with van der Waals surface area (Å²) in [6.07, 6.45) is 3.82. The quantitative estimate of drug-likeness (QED) is 0.728. The fourth-order valence-electron chi connectivity index (χ4n) is 3.34. The van der Waals surface area contributed by atoms with Gasteiger partial charge in [-0.3, -0.25) is 9.48 Å². The molecule has 0 unspecified atom stereocenters. The van der Waals surface area contributed by atoms with Gasteiger partial charge in [-0.2, -0.15) is 5.10 Å². The average Bonchev–Trinajstić information content (AvgIpc) is 3.16. The molecule has 2 aromatic heterocycles. The molecule has 0 bridgehead atoms. The maximum absolute atomic E-state index is 12.8. The van der Waals surface area contributed by atoms with Gasteiger partial charge in [-0.15, -0.1) is 0 Å². The van der Waals surface area contributed by atoms with E-state index in [9.17, 15) is 9.18 Å². The molecule has 1 saturated heterocycles. The normalized spacial score (nSPS) is 14.9. The molecule has 0 spiro atoms. The number of ether oxygens (including phenoxy) is 2. The Bertz CT molecular complexity index is 998. The third kappa shape index (κ3) is 3.68. The third-order valence-corrected chi connectivity index (χ3v) is 4.83. The number of nitrogens with one attached hydrogen (secondary N) is 1. The second-order valence-corrected chi connectivity index (χ2v) is 6.67. The lowest BCUT2D eigenvalue weighted by Gasteiger charge is -2.22. The molecule has 0 atom stereocenters. The molecule has 1 aliphatic heterocycles. The van der Waals surface area contributed by atoms with Crippen molar-refractivity contribution in [3.8, 4) is 5.75 Å². The highest BCUT2D eigenvalue weighted by atomic mass is 19.1. The largest absolute Gasteiger partial charge is 0.494 e. The molecule has 4 rings (SSSR count). The monoisotopic (exact) mass is 384 g/mol. The van der Waals surface area contributed by atoms with Crippen LogP contribution in [0.2, 0.25) is 0 Å². The van der Waals surface area contributed by atoms with E-state index in [2.05, 4.69) is 15.4 Å². The summed E-state index contributed by atoms with van der Waals surface area (Å²) in [5, 5.41) is 8.36. The molecule has 7 nitrogen and oxygen atoms in total. The van der Waals surface area contributed by atoms with Crippen molar-refractivity contribution in [3.63, 3.8) is 0 Å². The van der Waals surface area contributed by atoms with Gasteiger partial charge in [-0.25, -0.2) is 9.37 Å². The van der Waals surface area contributed by atoms with Crippen LogP contribution in [-0.2, 0) is 11.4 Å². The number of pyridine rings is 1. The van der Waals surface area contributed by atoms with E-state index in [0.29, 0.717) is 17.5 Å². The van der Waals surface area contributed by atoms with Gasteiger partial charge in [0.25, 0.3) is 5.91 Å². The lowest BCUT2D eigenvalue weighted by Crippen LogP contribution is -2.19. The molecule has 1 N–H and O–H groups in total. The van der Waals surface area contributed by atoms with E-state index in [-0.39, 0.29) is 11.4 Å². The predicted octanol–water partition coefficient (Wildman–Crippen LogP) is 3.51. The Morgan fingerprint density at radius 2 is 2.18 bits per heavy atom. The molecule has 8 heteroatoms. The number of methoxy groups -OCH3 is 1. The number of fused-ring (bicyclic) bond motifs is 1. The van der Waals surface area contributed by atoms with Crippen LogP contribution in [0.1, 0.15) is 35.1 Å². The van der Waals surface area contributed by atoms with Crippen molar-refractivity contribution in [2.24, 2.45) is 0 Å². The summed E-state index contributed by atoms with van der Waals surface area (Å²) >= 11 is 0. The van der Waals surface area contributed by atoms with E-state index < -0.39 is 12.6 Å². The second-order valence-electron chi connectivity index (χ2n) is 6.67. The highest BCUT2D eigenvalue weighted by molar-refractivity contribution is 6.05. The molecule has 0 radical (unpaired) electrons. The minimum atomic E-state index is -0.720. The van der Waals surface area contributed by atoms with E-state index in [1.807, 2.05) is 16.9 Å². The summed E-state index contributed by atoms with van der Waals surface area (Å²) in [6.45, 7) is 0.745. The Kier molecular flexibility index (Phi) is 5.21. The highest BCUT2D eigenvalue weighted by Gasteiger charge is 2.19. The maximum atomic E-state index is 12.8. The zero-order valence-electron chi connectivity index (χ0n) is 15.5. The van der Waals surface area contributed by atoms with Crippen LogP contribution < -0.4 is 10.1 Å². The molecule has 1 amide bonds. The molecule has 0 saturated carbocycles. The zero-order chi connectivity index (χ0) is 19.5. The van der Waals surface area contributed by atoms with E-state index in [1.54, 1.807) is 18.2 Å². The molecule has 1 aromatic carbocycles. The number of hydrogen-bond donors (Lipinski definition) is 1. The van der Waals surface area contributed by atoms with Crippen molar-refractivity contribution in [3.05, 3.63) is 47.9 Å². The lowest BCUT2D eigenvalue weighted by atomic mass is 10.1. The first-order valence-electron chi connectivity index (χ1n) is 9.16. The van der Waals surface area contributed by atoms with Crippen molar-refractivity contribution in [2.75, 3.05) is 25.6 Å². The molecule has 28 heavy (non-hydrogen) atoms. The lowest BCUT2D eigenvalue weighted by molar-refractivity contribution is 0.0664. The number of aromatic nitrogens is 3. The summed E-state index contributed by atoms with van der Waals surface area (Å²) in [7, 11) is 1.54. The van der Waals surface area contributed by atoms with Gasteiger partial charge >= 0.3 is 0 Å². The van der Waals surface area contributed by atoms with Crippen LogP contribution in [0.25, 0.3) is 10.9 Å². The van der Waals surface area contributed by atoms with Crippen LogP contribution in [0.5, 0.6) is 5.75 Å². The van der Waals surface area contributed by atoms with Crippen molar-refractivity contribution in [1.29, 1.82) is 0 Å². The number of halogens is 1. The van der Waals surface area contributed by atoms with Gasteiger partial charge in [-0.05, 0) is 31.0 Å². The molecule has 3 heterocycles. The number of alkyl halides is 1. The Morgan fingerprint density at radius 1 is 1.36 bits per heavy atom. The number of carbonyl (C=O) groups excluding carboxylic acids is 1. The number of benzene rings is 1. The molecule has 0 aliphatic carbocycles. The van der Waals surface area contributed by atoms with Crippen LogP contribution in [0, 0.1) is 0 Å². The first kappa shape index (κ1) is 18.4. The summed E-state index contributed by atoms with van der Waals surface area (Å²) < 4.78 is 25.6. The van der Waals surface area contributed by atoms with Gasteiger partial charge in [0.05, 0.1) is 30.0 Å². The predicted molar refractivity (Wildman–Crippen MR) is 102 cm³/mol. The van der Waals surface area contributed by atoms with Gasteiger partial charge in [0.15, 0.2) is 0 Å². The number of carbonyl (C=O) groups is 1. The van der Waals surface area contributed by atoms with Crippen molar-refractivity contribution in [1.82, 2.24) is 14.8 Å². The summed E-state index contributed by atoms with van der Waals surface area (Å²) in [4.78, 5) is 16.6. The minimum absolute atomic E-state index is 0.148. The van der Waals surface area contributed by atoms with Gasteiger partial charge in [0.2, 0.25) is 0 Å². The molecular weight excluding hydrogens is 363 g/mol. The van der Waals surface area contributed by atoms with Crippen molar-refractivity contribution >= 4 is 22.5 Å². The topological polar surface area (TPSA) is 78.3 Å². The van der Waals surface area contributed by atoms with E-state index in [1.165, 1.54) is 13.2 Å². The van der Waals surface area contributed by atoms with Crippen molar-refractivity contribution < 1.29 is 18.7 Å². The number of rotatable bonds is 5. The molecular formula is C20H21FN4O3. The molecule has 3 aromatic rings. The summed E-state index contributed by atoms with van der Waals surface area (Å²) in [5.74, 6) is 0.0736. The first-order chi connectivity index (χ1) is 13.7. The third-order valence-electron chi connectivity index (χ3n) is 4.83. The number of hydrogen-bond acceptors (Lipinski definition) is 5. The van der Waals surface area contributed by atoms with E-state index in [0.717, 1.165) is 37.0 Å². The number of nitrogens with zero attached hydrogens (tertiary/aromatic N) is 3. The standard InChI is InChI=1S/C20H21FN4O3/c1-27-19-10-17-13(12-25(24-17)15-5-7-28-8-6-15)9-18(19)23-20(26)16-4-2-3-14(11-21)22-16/h2-4,9-10,12,15H,5-8,11H2,1H3,(H,23,26). The van der Waals surface area contributed by atoms with Crippen LogP contribution in [0.4, 0.5) is 10.1 Å². The van der Waals surface area contributed by atoms with Crippen LogP contribution in [0.15, 0.2) is 36.5 Å². The minimum Gasteiger partial charge on any atom is -0.494 e. The van der Waals surface area contributed by atoms with E-state index in [4.69, 9.17) is 9.47 Å². The average molecular weight is 384 g/mol. The van der Waals surface area contributed by atoms with Gasteiger partial charge in [0.1, 0.15) is 18.1 Å². The second kappa shape index (κ2) is 7.93. The number of amides is 1. The Labute approximate surface area is 161 Å². The van der Waals surface area contributed by atoms with E-state index >= 15 is 0 Å². The summed E-state index contributed by atoms with van der Waals surface area (Å²) in [5.41, 5.74) is 1.67. The first-order valence-corrected chi connectivity index (χ1v) is 9.16. The SMILES string of the molecule is COc1cc2nn(C3CCOCC3)cc2cc1NC(=O)c1cccc(CF)n1. The van der Waals surface area contributed by atoms with Gasteiger partial charge in [-0.1, -0.05) is 6.07 Å². The van der Waals surface area contributed by atoms with Gasteiger partial charge < -0.3 is 14.8 Å². The fourth-order valence-corrected chi connectivity index (χ4v) is 3.34. The van der Waals surface area contributed by atoms with Crippen LogP contribution in [-0.4, -0.2) is 41.0 Å². The molecule has 1 fully saturated rings. The van der Waals surface area contributed by atoms with Crippen molar-refractivity contribution in [2.45, 2.75) is 25.6 Å². The Balaban J connectivity index is 1.62. The van der Waals surface area contributed by atoms with Crippen LogP contribution in [0.3, 0.4) is 0 Å².